The molecule has 0 saturated carbocycles. The molecule has 0 saturated heterocycles. The summed E-state index contributed by atoms with van der Waals surface area (Å²) < 4.78 is 13.1. The summed E-state index contributed by atoms with van der Waals surface area (Å²) in [5, 5.41) is 13.0. The van der Waals surface area contributed by atoms with Gasteiger partial charge in [-0.25, -0.2) is 4.39 Å². The Kier molecular flexibility index (Phi) is 5.00. The number of benzene rings is 3. The lowest BCUT2D eigenvalue weighted by molar-refractivity contribution is 0.557. The Bertz CT molecular complexity index is 768. The van der Waals surface area contributed by atoms with E-state index in [9.17, 15) is 9.65 Å². The van der Waals surface area contributed by atoms with Gasteiger partial charge in [-0.15, -0.1) is 0 Å². The van der Waals surface area contributed by atoms with Crippen LogP contribution in [0.1, 0.15) is 28.8 Å². The second-order valence-electron chi connectivity index (χ2n) is 5.53. The third-order valence-corrected chi connectivity index (χ3v) is 3.93. The van der Waals surface area contributed by atoms with Gasteiger partial charge < -0.3 is 0 Å². The minimum Gasteiger partial charge on any atom is -0.287 e. The van der Waals surface area contributed by atoms with E-state index in [1.807, 2.05) is 60.7 Å². The van der Waals surface area contributed by atoms with Crippen LogP contribution >= 0.6 is 0 Å². The minimum absolute atomic E-state index is 0.123. The van der Waals surface area contributed by atoms with Gasteiger partial charge in [0.1, 0.15) is 11.9 Å². The molecule has 1 atom stereocenters. The topological polar surface area (TPSA) is 35.8 Å². The predicted molar refractivity (Wildman–Crippen MR) is 92.6 cm³/mol. The molecule has 3 heteroatoms. The summed E-state index contributed by atoms with van der Waals surface area (Å²) in [5.74, 6) is -0.307. The second-order valence-corrected chi connectivity index (χ2v) is 5.53. The number of rotatable bonds is 5. The summed E-state index contributed by atoms with van der Waals surface area (Å²) >= 11 is 0. The maximum atomic E-state index is 13.1. The van der Waals surface area contributed by atoms with Crippen LogP contribution in [0.2, 0.25) is 0 Å². The Morgan fingerprint density at radius 2 is 1.21 bits per heavy atom. The molecule has 0 heterocycles. The standard InChI is InChI=1S/C21H17FN2/c22-19-13-11-16(12-14-19)20(15-23)24-21(17-7-3-1-4-8-17)18-9-5-2-6-10-18/h1-14,20-21,24H/t20-/m1/s1. The van der Waals surface area contributed by atoms with E-state index in [0.29, 0.717) is 0 Å². The molecule has 0 aromatic heterocycles. The normalized spacial score (nSPS) is 11.9. The number of hydrogen-bond acceptors (Lipinski definition) is 2. The van der Waals surface area contributed by atoms with E-state index in [1.165, 1.54) is 12.1 Å². The third kappa shape index (κ3) is 3.68. The molecule has 0 amide bonds. The van der Waals surface area contributed by atoms with Crippen molar-refractivity contribution < 1.29 is 4.39 Å². The van der Waals surface area contributed by atoms with Gasteiger partial charge in [-0.2, -0.15) is 5.26 Å². The second kappa shape index (κ2) is 7.54. The van der Waals surface area contributed by atoms with Crippen molar-refractivity contribution >= 4 is 0 Å². The highest BCUT2D eigenvalue weighted by Crippen LogP contribution is 2.26. The van der Waals surface area contributed by atoms with Crippen molar-refractivity contribution in [2.75, 3.05) is 0 Å². The quantitative estimate of drug-likeness (QED) is 0.736. The number of nitrogens with zero attached hydrogens (tertiary/aromatic N) is 1. The van der Waals surface area contributed by atoms with Crippen LogP contribution in [0.5, 0.6) is 0 Å². The van der Waals surface area contributed by atoms with Crippen LogP contribution in [-0.4, -0.2) is 0 Å². The molecule has 0 aliphatic rings. The van der Waals surface area contributed by atoms with Crippen LogP contribution in [-0.2, 0) is 0 Å². The van der Waals surface area contributed by atoms with Crippen molar-refractivity contribution in [3.8, 4) is 6.07 Å². The van der Waals surface area contributed by atoms with Crippen LogP contribution in [0, 0.1) is 17.1 Å². The molecule has 0 spiro atoms. The van der Waals surface area contributed by atoms with Gasteiger partial charge in [-0.3, -0.25) is 5.32 Å². The maximum Gasteiger partial charge on any atom is 0.123 e. The molecule has 0 unspecified atom stereocenters. The highest BCUT2D eigenvalue weighted by atomic mass is 19.1. The first kappa shape index (κ1) is 15.9. The van der Waals surface area contributed by atoms with Gasteiger partial charge in [0.25, 0.3) is 0 Å². The molecule has 0 aliphatic carbocycles. The van der Waals surface area contributed by atoms with Crippen molar-refractivity contribution in [1.82, 2.24) is 5.32 Å². The van der Waals surface area contributed by atoms with Crippen molar-refractivity contribution in [1.29, 1.82) is 5.26 Å². The van der Waals surface area contributed by atoms with Crippen molar-refractivity contribution in [3.63, 3.8) is 0 Å². The monoisotopic (exact) mass is 316 g/mol. The molecule has 118 valence electrons. The first-order chi connectivity index (χ1) is 11.8. The Morgan fingerprint density at radius 1 is 0.708 bits per heavy atom. The van der Waals surface area contributed by atoms with E-state index in [0.717, 1.165) is 16.7 Å². The lowest BCUT2D eigenvalue weighted by Gasteiger charge is -2.23. The highest BCUT2D eigenvalue weighted by molar-refractivity contribution is 5.34. The summed E-state index contributed by atoms with van der Waals surface area (Å²) in [6.45, 7) is 0. The Balaban J connectivity index is 1.94. The Morgan fingerprint density at radius 3 is 1.67 bits per heavy atom. The average Bonchev–Trinajstić information content (AvgIpc) is 2.65. The van der Waals surface area contributed by atoms with E-state index in [2.05, 4.69) is 11.4 Å². The minimum atomic E-state index is -0.531. The van der Waals surface area contributed by atoms with Gasteiger partial charge in [0.2, 0.25) is 0 Å². The van der Waals surface area contributed by atoms with E-state index in [4.69, 9.17) is 0 Å². The fourth-order valence-corrected chi connectivity index (χ4v) is 2.71. The van der Waals surface area contributed by atoms with Gasteiger partial charge in [-0.1, -0.05) is 72.8 Å². The first-order valence-corrected chi connectivity index (χ1v) is 7.79. The molecule has 2 nitrogen and oxygen atoms in total. The molecule has 1 N–H and O–H groups in total. The summed E-state index contributed by atoms with van der Waals surface area (Å²) in [5.41, 5.74) is 2.90. The predicted octanol–water partition coefficient (Wildman–Crippen LogP) is 4.77. The third-order valence-electron chi connectivity index (χ3n) is 3.93. The van der Waals surface area contributed by atoms with Crippen molar-refractivity contribution in [2.45, 2.75) is 12.1 Å². The van der Waals surface area contributed by atoms with E-state index < -0.39 is 6.04 Å². The number of hydrogen-bond donors (Lipinski definition) is 1. The van der Waals surface area contributed by atoms with Crippen molar-refractivity contribution in [2.24, 2.45) is 0 Å². The fourth-order valence-electron chi connectivity index (χ4n) is 2.71. The van der Waals surface area contributed by atoms with Gasteiger partial charge in [0, 0.05) is 0 Å². The Hall–Kier alpha value is -2.96. The zero-order chi connectivity index (χ0) is 16.8. The summed E-state index contributed by atoms with van der Waals surface area (Å²) in [4.78, 5) is 0. The highest BCUT2D eigenvalue weighted by Gasteiger charge is 2.19. The number of halogens is 1. The van der Waals surface area contributed by atoms with Crippen molar-refractivity contribution in [3.05, 3.63) is 107 Å². The first-order valence-electron chi connectivity index (χ1n) is 7.79. The molecule has 0 radical (unpaired) electrons. The van der Waals surface area contributed by atoms with E-state index >= 15 is 0 Å². The molecule has 3 aromatic rings. The summed E-state index contributed by atoms with van der Waals surface area (Å²) in [6, 6.07) is 27.6. The van der Waals surface area contributed by atoms with Crippen LogP contribution in [0.15, 0.2) is 84.9 Å². The molecule has 24 heavy (non-hydrogen) atoms. The van der Waals surface area contributed by atoms with Crippen LogP contribution in [0.3, 0.4) is 0 Å². The SMILES string of the molecule is N#C[C@@H](NC(c1ccccc1)c1ccccc1)c1ccc(F)cc1. The van der Waals surface area contributed by atoms with Gasteiger partial charge in [0.05, 0.1) is 12.1 Å². The maximum absolute atomic E-state index is 13.1. The van der Waals surface area contributed by atoms with Crippen LogP contribution < -0.4 is 5.32 Å². The number of nitriles is 1. The average molecular weight is 316 g/mol. The fraction of sp³-hybridized carbons (Fsp3) is 0.0952. The molecule has 3 aromatic carbocycles. The van der Waals surface area contributed by atoms with Crippen LogP contribution in [0.4, 0.5) is 4.39 Å². The largest absolute Gasteiger partial charge is 0.287 e. The zero-order valence-electron chi connectivity index (χ0n) is 13.1. The molecular formula is C21H17FN2. The lowest BCUT2D eigenvalue weighted by Crippen LogP contribution is -2.26. The molecular weight excluding hydrogens is 299 g/mol. The van der Waals surface area contributed by atoms with E-state index in [1.54, 1.807) is 12.1 Å². The molecule has 0 bridgehead atoms. The van der Waals surface area contributed by atoms with Gasteiger partial charge in [-0.05, 0) is 28.8 Å². The zero-order valence-corrected chi connectivity index (χ0v) is 13.1. The number of nitrogens with one attached hydrogen (secondary N) is 1. The summed E-state index contributed by atoms with van der Waals surface area (Å²) in [6.07, 6.45) is 0. The van der Waals surface area contributed by atoms with Gasteiger partial charge in [0.15, 0.2) is 0 Å². The van der Waals surface area contributed by atoms with E-state index in [-0.39, 0.29) is 11.9 Å². The summed E-state index contributed by atoms with van der Waals surface area (Å²) in [7, 11) is 0. The Labute approximate surface area is 141 Å². The van der Waals surface area contributed by atoms with Gasteiger partial charge >= 0.3 is 0 Å². The molecule has 0 fully saturated rings. The molecule has 3 rings (SSSR count). The molecule has 0 aliphatic heterocycles. The smallest absolute Gasteiger partial charge is 0.123 e. The lowest BCUT2D eigenvalue weighted by atomic mass is 9.96. The van der Waals surface area contributed by atoms with Crippen LogP contribution in [0.25, 0.3) is 0 Å².